The van der Waals surface area contributed by atoms with Gasteiger partial charge in [-0.15, -0.1) is 0 Å². The van der Waals surface area contributed by atoms with E-state index in [-0.39, 0.29) is 5.92 Å². The number of aldehydes is 1. The number of hydrogen-bond acceptors (Lipinski definition) is 1. The number of rotatable bonds is 1. The van der Waals surface area contributed by atoms with Gasteiger partial charge in [0, 0.05) is 0 Å². The molecule has 0 bridgehead atoms. The van der Waals surface area contributed by atoms with E-state index in [1.165, 1.54) is 0 Å². The van der Waals surface area contributed by atoms with Gasteiger partial charge in [0.15, 0.2) is 0 Å². The average Bonchev–Trinajstić information content (AvgIpc) is 2.18. The van der Waals surface area contributed by atoms with Gasteiger partial charge in [-0.05, 0) is 16.7 Å². The molecule has 1 heteroatoms. The molecule has 1 aliphatic carbocycles. The first-order valence-electron chi connectivity index (χ1n) is 4.24. The van der Waals surface area contributed by atoms with E-state index in [9.17, 15) is 4.79 Å². The molecule has 0 aromatic heterocycles. The fourth-order valence-electron chi connectivity index (χ4n) is 1.61. The zero-order chi connectivity index (χ0) is 9.26. The first-order valence-corrected chi connectivity index (χ1v) is 4.24. The highest BCUT2D eigenvalue weighted by molar-refractivity contribution is 5.77. The van der Waals surface area contributed by atoms with E-state index in [4.69, 9.17) is 0 Å². The number of allylic oxidation sites excluding steroid dienone is 2. The fourth-order valence-corrected chi connectivity index (χ4v) is 1.61. The Labute approximate surface area is 77.4 Å². The highest BCUT2D eigenvalue weighted by atomic mass is 16.1. The van der Waals surface area contributed by atoms with Gasteiger partial charge in [-0.3, -0.25) is 0 Å². The molecule has 1 unspecified atom stereocenters. The van der Waals surface area contributed by atoms with Crippen LogP contribution in [0.3, 0.4) is 0 Å². The highest BCUT2D eigenvalue weighted by Crippen LogP contribution is 2.30. The SMILES string of the molecule is C=C1C=Cc2ccccc2C1C=O. The van der Waals surface area contributed by atoms with Gasteiger partial charge >= 0.3 is 0 Å². The second-order valence-electron chi connectivity index (χ2n) is 3.15. The summed E-state index contributed by atoms with van der Waals surface area (Å²) in [5, 5.41) is 0. The van der Waals surface area contributed by atoms with Gasteiger partial charge in [0.25, 0.3) is 0 Å². The molecule has 0 heterocycles. The lowest BCUT2D eigenvalue weighted by Gasteiger charge is -2.18. The second kappa shape index (κ2) is 3.02. The van der Waals surface area contributed by atoms with Crippen molar-refractivity contribution in [3.8, 4) is 0 Å². The molecule has 0 saturated carbocycles. The molecule has 0 spiro atoms. The summed E-state index contributed by atoms with van der Waals surface area (Å²) in [6.07, 6.45) is 4.85. The number of hydrogen-bond donors (Lipinski definition) is 0. The number of fused-ring (bicyclic) bond motifs is 1. The van der Waals surface area contributed by atoms with Gasteiger partial charge in [0.2, 0.25) is 0 Å². The Morgan fingerprint density at radius 1 is 1.23 bits per heavy atom. The standard InChI is InChI=1S/C12H10O/c1-9-6-7-10-4-2-3-5-11(10)12(9)8-13/h2-8,12H,1H2. The first-order chi connectivity index (χ1) is 6.33. The Balaban J connectivity index is 2.59. The molecule has 0 fully saturated rings. The van der Waals surface area contributed by atoms with Gasteiger partial charge in [0.05, 0.1) is 5.92 Å². The van der Waals surface area contributed by atoms with E-state index in [2.05, 4.69) is 6.58 Å². The lowest BCUT2D eigenvalue weighted by Crippen LogP contribution is -2.06. The maximum absolute atomic E-state index is 10.8. The topological polar surface area (TPSA) is 17.1 Å². The van der Waals surface area contributed by atoms with Crippen molar-refractivity contribution in [2.24, 2.45) is 0 Å². The van der Waals surface area contributed by atoms with Gasteiger partial charge in [-0.25, -0.2) is 0 Å². The van der Waals surface area contributed by atoms with Crippen molar-refractivity contribution < 1.29 is 4.79 Å². The summed E-state index contributed by atoms with van der Waals surface area (Å²) in [5.41, 5.74) is 3.05. The van der Waals surface area contributed by atoms with Crippen LogP contribution in [-0.2, 0) is 4.79 Å². The second-order valence-corrected chi connectivity index (χ2v) is 3.15. The first kappa shape index (κ1) is 7.99. The van der Waals surface area contributed by atoms with Crippen LogP contribution < -0.4 is 0 Å². The van der Waals surface area contributed by atoms with Crippen molar-refractivity contribution in [3.63, 3.8) is 0 Å². The lowest BCUT2D eigenvalue weighted by molar-refractivity contribution is -0.108. The number of benzene rings is 1. The Bertz CT molecular complexity index is 388. The van der Waals surface area contributed by atoms with Crippen molar-refractivity contribution in [1.82, 2.24) is 0 Å². The van der Waals surface area contributed by atoms with Crippen LogP contribution in [0.2, 0.25) is 0 Å². The van der Waals surface area contributed by atoms with Crippen LogP contribution in [0.4, 0.5) is 0 Å². The molecular formula is C12H10O. The van der Waals surface area contributed by atoms with Crippen LogP contribution in [0.5, 0.6) is 0 Å². The Morgan fingerprint density at radius 2 is 2.00 bits per heavy atom. The summed E-state index contributed by atoms with van der Waals surface area (Å²) < 4.78 is 0. The van der Waals surface area contributed by atoms with E-state index in [1.807, 2.05) is 36.4 Å². The molecule has 64 valence electrons. The average molecular weight is 170 g/mol. The fraction of sp³-hybridized carbons (Fsp3) is 0.0833. The third-order valence-corrected chi connectivity index (χ3v) is 2.34. The summed E-state index contributed by atoms with van der Waals surface area (Å²) in [4.78, 5) is 10.8. The van der Waals surface area contributed by atoms with Gasteiger partial charge in [0.1, 0.15) is 6.29 Å². The molecule has 0 saturated heterocycles. The molecule has 1 aromatic carbocycles. The molecule has 13 heavy (non-hydrogen) atoms. The van der Waals surface area contributed by atoms with E-state index in [0.717, 1.165) is 23.0 Å². The summed E-state index contributed by atoms with van der Waals surface area (Å²) >= 11 is 0. The van der Waals surface area contributed by atoms with E-state index >= 15 is 0 Å². The Hall–Kier alpha value is -1.63. The zero-order valence-electron chi connectivity index (χ0n) is 7.23. The minimum Gasteiger partial charge on any atom is -0.302 e. The number of carbonyl (C=O) groups excluding carboxylic acids is 1. The van der Waals surface area contributed by atoms with Crippen molar-refractivity contribution >= 4 is 12.4 Å². The Morgan fingerprint density at radius 3 is 2.77 bits per heavy atom. The summed E-state index contributed by atoms with van der Waals surface area (Å²) in [7, 11) is 0. The maximum atomic E-state index is 10.8. The van der Waals surface area contributed by atoms with Crippen LogP contribution in [0, 0.1) is 0 Å². The van der Waals surface area contributed by atoms with Crippen molar-refractivity contribution in [2.75, 3.05) is 0 Å². The van der Waals surface area contributed by atoms with Gasteiger partial charge in [-0.1, -0.05) is 43.0 Å². The molecule has 1 atom stereocenters. The van der Waals surface area contributed by atoms with Crippen LogP contribution >= 0.6 is 0 Å². The molecular weight excluding hydrogens is 160 g/mol. The summed E-state index contributed by atoms with van der Waals surface area (Å²) in [6.45, 7) is 3.85. The molecule has 0 radical (unpaired) electrons. The summed E-state index contributed by atoms with van der Waals surface area (Å²) in [5.74, 6) is -0.152. The minimum absolute atomic E-state index is 0.152. The normalized spacial score (nSPS) is 19.7. The monoisotopic (exact) mass is 170 g/mol. The van der Waals surface area contributed by atoms with E-state index < -0.39 is 0 Å². The maximum Gasteiger partial charge on any atom is 0.131 e. The molecule has 1 aromatic rings. The minimum atomic E-state index is -0.152. The van der Waals surface area contributed by atoms with Crippen LogP contribution in [0.25, 0.3) is 6.08 Å². The van der Waals surface area contributed by atoms with Crippen molar-refractivity contribution in [1.29, 1.82) is 0 Å². The quantitative estimate of drug-likeness (QED) is 0.592. The summed E-state index contributed by atoms with van der Waals surface area (Å²) in [6, 6.07) is 7.90. The zero-order valence-corrected chi connectivity index (χ0v) is 7.23. The third-order valence-electron chi connectivity index (χ3n) is 2.34. The Kier molecular flexibility index (Phi) is 1.85. The molecule has 1 nitrogen and oxygen atoms in total. The molecule has 1 aliphatic rings. The molecule has 0 N–H and O–H groups in total. The molecule has 2 rings (SSSR count). The highest BCUT2D eigenvalue weighted by Gasteiger charge is 2.17. The predicted octanol–water partition coefficient (Wildman–Crippen LogP) is 2.55. The van der Waals surface area contributed by atoms with Crippen molar-refractivity contribution in [2.45, 2.75) is 5.92 Å². The van der Waals surface area contributed by atoms with Crippen LogP contribution in [0.1, 0.15) is 17.0 Å². The van der Waals surface area contributed by atoms with Gasteiger partial charge < -0.3 is 4.79 Å². The van der Waals surface area contributed by atoms with E-state index in [0.29, 0.717) is 0 Å². The van der Waals surface area contributed by atoms with E-state index in [1.54, 1.807) is 0 Å². The lowest BCUT2D eigenvalue weighted by atomic mass is 9.85. The largest absolute Gasteiger partial charge is 0.302 e. The third kappa shape index (κ3) is 1.22. The van der Waals surface area contributed by atoms with Gasteiger partial charge in [-0.2, -0.15) is 0 Å². The molecule has 0 amide bonds. The molecule has 0 aliphatic heterocycles. The van der Waals surface area contributed by atoms with Crippen LogP contribution in [-0.4, -0.2) is 6.29 Å². The number of carbonyl (C=O) groups is 1. The van der Waals surface area contributed by atoms with Crippen molar-refractivity contribution in [3.05, 3.63) is 53.6 Å². The smallest absolute Gasteiger partial charge is 0.131 e. The van der Waals surface area contributed by atoms with Crippen LogP contribution in [0.15, 0.2) is 42.5 Å². The predicted molar refractivity (Wildman–Crippen MR) is 53.4 cm³/mol.